The van der Waals surface area contributed by atoms with Gasteiger partial charge in [0.25, 0.3) is 0 Å². The van der Waals surface area contributed by atoms with Gasteiger partial charge in [-0.1, -0.05) is 56.0 Å². The van der Waals surface area contributed by atoms with Crippen molar-refractivity contribution in [3.05, 3.63) is 48.0 Å². The molecule has 1 aromatic rings. The van der Waals surface area contributed by atoms with Gasteiger partial charge in [-0.25, -0.2) is 0 Å². The van der Waals surface area contributed by atoms with Crippen LogP contribution in [0, 0.1) is 0 Å². The van der Waals surface area contributed by atoms with Crippen molar-refractivity contribution in [2.75, 3.05) is 11.1 Å². The highest BCUT2D eigenvalue weighted by Gasteiger charge is 2.27. The van der Waals surface area contributed by atoms with Crippen LogP contribution in [0.1, 0.15) is 12.5 Å². The van der Waals surface area contributed by atoms with Crippen LogP contribution in [-0.4, -0.2) is 19.2 Å². The molecule has 0 spiro atoms. The van der Waals surface area contributed by atoms with Crippen molar-refractivity contribution >= 4 is 19.0 Å². The lowest BCUT2D eigenvalue weighted by Crippen LogP contribution is -2.34. The molecule has 1 unspecified atom stereocenters. The van der Waals surface area contributed by atoms with E-state index in [0.717, 1.165) is 0 Å². The fraction of sp³-hybridized carbons (Fsp3) is 0.467. The van der Waals surface area contributed by atoms with Crippen LogP contribution in [0.25, 0.3) is 0 Å². The van der Waals surface area contributed by atoms with E-state index in [0.29, 0.717) is 10.9 Å². The Balaban J connectivity index is 2.63. The van der Waals surface area contributed by atoms with Crippen molar-refractivity contribution in [1.82, 2.24) is 0 Å². The molecule has 0 aliphatic carbocycles. The Hall–Kier alpha value is -0.473. The molecule has 0 bridgehead atoms. The Morgan fingerprint density at radius 1 is 1.12 bits per heavy atom. The van der Waals surface area contributed by atoms with E-state index in [4.69, 9.17) is 0 Å². The van der Waals surface area contributed by atoms with E-state index in [-0.39, 0.29) is 0 Å². The SMILES string of the molecule is C/C=C/C[S+](Cc1ccccc1)C[Si](C)(C)C. The summed E-state index contributed by atoms with van der Waals surface area (Å²) < 4.78 is 0. The van der Waals surface area contributed by atoms with Gasteiger partial charge in [-0.15, -0.1) is 0 Å². The zero-order chi connectivity index (χ0) is 12.7. The smallest absolute Gasteiger partial charge is 0.0870 e. The normalized spacial score (nSPS) is 14.1. The molecule has 0 fully saturated rings. The van der Waals surface area contributed by atoms with Crippen molar-refractivity contribution in [3.8, 4) is 0 Å². The quantitative estimate of drug-likeness (QED) is 0.410. The fourth-order valence-electron chi connectivity index (χ4n) is 1.82. The Morgan fingerprint density at radius 3 is 2.29 bits per heavy atom. The monoisotopic (exact) mass is 265 g/mol. The minimum atomic E-state index is -0.946. The highest BCUT2D eigenvalue weighted by molar-refractivity contribution is 7.97. The maximum atomic E-state index is 2.48. The van der Waals surface area contributed by atoms with E-state index in [1.54, 1.807) is 0 Å². The van der Waals surface area contributed by atoms with E-state index < -0.39 is 8.07 Å². The lowest BCUT2D eigenvalue weighted by atomic mass is 10.2. The molecule has 94 valence electrons. The third kappa shape index (κ3) is 6.74. The van der Waals surface area contributed by atoms with Gasteiger partial charge < -0.3 is 0 Å². The number of rotatable bonds is 6. The first-order valence-corrected chi connectivity index (χ1v) is 11.7. The molecule has 0 saturated heterocycles. The molecular weight excluding hydrogens is 240 g/mol. The zero-order valence-corrected chi connectivity index (χ0v) is 13.4. The lowest BCUT2D eigenvalue weighted by Gasteiger charge is -2.16. The van der Waals surface area contributed by atoms with E-state index >= 15 is 0 Å². The van der Waals surface area contributed by atoms with Gasteiger partial charge in [0, 0.05) is 5.56 Å². The molecule has 1 aromatic carbocycles. The number of allylic oxidation sites excluding steroid dienone is 1. The van der Waals surface area contributed by atoms with Crippen molar-refractivity contribution < 1.29 is 0 Å². The van der Waals surface area contributed by atoms with Gasteiger partial charge in [-0.3, -0.25) is 0 Å². The summed E-state index contributed by atoms with van der Waals surface area (Å²) in [4.78, 5) is 0. The lowest BCUT2D eigenvalue weighted by molar-refractivity contribution is 1.38. The van der Waals surface area contributed by atoms with Gasteiger partial charge in [0.15, 0.2) is 0 Å². The summed E-state index contributed by atoms with van der Waals surface area (Å²) in [5, 5.41) is 1.45. The van der Waals surface area contributed by atoms with Crippen LogP contribution in [0.15, 0.2) is 42.5 Å². The first kappa shape index (κ1) is 14.6. The summed E-state index contributed by atoms with van der Waals surface area (Å²) in [5.41, 5.74) is 1.50. The van der Waals surface area contributed by atoms with Gasteiger partial charge in [-0.2, -0.15) is 0 Å². The predicted octanol–water partition coefficient (Wildman–Crippen LogP) is 4.26. The van der Waals surface area contributed by atoms with Crippen LogP contribution in [-0.2, 0) is 16.6 Å². The second kappa shape index (κ2) is 7.07. The third-order valence-electron chi connectivity index (χ3n) is 2.42. The summed E-state index contributed by atoms with van der Waals surface area (Å²) >= 11 is 0. The Kier molecular flexibility index (Phi) is 6.07. The molecule has 0 saturated carbocycles. The third-order valence-corrected chi connectivity index (χ3v) is 8.92. The maximum Gasteiger partial charge on any atom is 0.133 e. The Morgan fingerprint density at radius 2 is 1.76 bits per heavy atom. The van der Waals surface area contributed by atoms with Crippen LogP contribution in [0.2, 0.25) is 19.6 Å². The van der Waals surface area contributed by atoms with Gasteiger partial charge in [0.2, 0.25) is 0 Å². The largest absolute Gasteiger partial charge is 0.133 e. The Bertz CT molecular complexity index is 338. The minimum absolute atomic E-state index is 0.530. The number of hydrogen-bond acceptors (Lipinski definition) is 0. The van der Waals surface area contributed by atoms with Crippen molar-refractivity contribution in [1.29, 1.82) is 0 Å². The first-order valence-electron chi connectivity index (χ1n) is 6.30. The second-order valence-electron chi connectivity index (χ2n) is 5.68. The number of hydrogen-bond donors (Lipinski definition) is 0. The Labute approximate surface area is 110 Å². The molecule has 0 heterocycles. The fourth-order valence-corrected chi connectivity index (χ4v) is 8.85. The topological polar surface area (TPSA) is 0 Å². The first-order chi connectivity index (χ1) is 8.01. The van der Waals surface area contributed by atoms with Crippen LogP contribution >= 0.6 is 0 Å². The van der Waals surface area contributed by atoms with Gasteiger partial charge in [-0.05, 0) is 23.9 Å². The molecular formula is C15H25SSi+. The highest BCUT2D eigenvalue weighted by atomic mass is 32.2. The summed E-state index contributed by atoms with van der Waals surface area (Å²) in [5.74, 6) is 2.52. The molecule has 1 atom stereocenters. The van der Waals surface area contributed by atoms with E-state index in [1.807, 2.05) is 0 Å². The molecule has 17 heavy (non-hydrogen) atoms. The van der Waals surface area contributed by atoms with E-state index in [1.165, 1.54) is 22.4 Å². The van der Waals surface area contributed by atoms with Crippen LogP contribution in [0.3, 0.4) is 0 Å². The summed E-state index contributed by atoms with van der Waals surface area (Å²) in [7, 11) is -0.416. The average molecular weight is 266 g/mol. The minimum Gasteiger partial charge on any atom is -0.0870 e. The summed E-state index contributed by atoms with van der Waals surface area (Å²) in [6, 6.07) is 10.9. The van der Waals surface area contributed by atoms with E-state index in [2.05, 4.69) is 69.0 Å². The van der Waals surface area contributed by atoms with Crippen LogP contribution in [0.5, 0.6) is 0 Å². The summed E-state index contributed by atoms with van der Waals surface area (Å²) in [6.45, 7) is 9.56. The molecule has 0 amide bonds. The zero-order valence-electron chi connectivity index (χ0n) is 11.6. The predicted molar refractivity (Wildman–Crippen MR) is 85.4 cm³/mol. The van der Waals surface area contributed by atoms with E-state index in [9.17, 15) is 0 Å². The van der Waals surface area contributed by atoms with Crippen LogP contribution < -0.4 is 0 Å². The molecule has 2 heteroatoms. The van der Waals surface area contributed by atoms with Crippen molar-refractivity contribution in [3.63, 3.8) is 0 Å². The second-order valence-corrected chi connectivity index (χ2v) is 13.8. The molecule has 0 N–H and O–H groups in total. The summed E-state index contributed by atoms with van der Waals surface area (Å²) in [6.07, 6.45) is 4.53. The van der Waals surface area contributed by atoms with Gasteiger partial charge in [0.1, 0.15) is 19.6 Å². The maximum absolute atomic E-state index is 2.48. The van der Waals surface area contributed by atoms with Crippen molar-refractivity contribution in [2.45, 2.75) is 32.3 Å². The standard InChI is InChI=1S/C15H25SSi/c1-5-6-12-16(14-17(2,3)4)13-15-10-8-7-9-11-15/h5-11H,12-14H2,1-4H3/q+1/b6-5+. The highest BCUT2D eigenvalue weighted by Crippen LogP contribution is 2.15. The van der Waals surface area contributed by atoms with Crippen molar-refractivity contribution in [2.24, 2.45) is 0 Å². The molecule has 0 aliphatic rings. The molecule has 0 aliphatic heterocycles. The molecule has 0 nitrogen and oxygen atoms in total. The van der Waals surface area contributed by atoms with Crippen LogP contribution in [0.4, 0.5) is 0 Å². The average Bonchev–Trinajstić information content (AvgIpc) is 2.25. The number of benzene rings is 1. The molecule has 0 radical (unpaired) electrons. The van der Waals surface area contributed by atoms with Gasteiger partial charge in [0.05, 0.1) is 5.38 Å². The van der Waals surface area contributed by atoms with Gasteiger partial charge >= 0.3 is 0 Å². The molecule has 1 rings (SSSR count). The molecule has 0 aromatic heterocycles.